The van der Waals surface area contributed by atoms with Crippen molar-refractivity contribution in [2.45, 2.75) is 25.7 Å². The molecule has 94 valence electrons. The lowest BCUT2D eigenvalue weighted by Crippen LogP contribution is -1.94. The number of carbonyl (C=O) groups is 2. The van der Waals surface area contributed by atoms with Gasteiger partial charge in [-0.1, -0.05) is 5.92 Å². The maximum absolute atomic E-state index is 11.7. The van der Waals surface area contributed by atoms with Gasteiger partial charge in [0, 0.05) is 18.4 Å². The molecule has 0 aliphatic rings. The van der Waals surface area contributed by atoms with Crippen LogP contribution in [0.15, 0.2) is 24.3 Å². The van der Waals surface area contributed by atoms with Crippen molar-refractivity contribution in [3.8, 4) is 17.6 Å². The fraction of sp³-hybridized carbons (Fsp3) is 0.333. The lowest BCUT2D eigenvalue weighted by molar-refractivity contribution is -0.107. The van der Waals surface area contributed by atoms with Crippen molar-refractivity contribution in [2.75, 3.05) is 7.11 Å². The third-order valence-corrected chi connectivity index (χ3v) is 2.43. The van der Waals surface area contributed by atoms with Crippen molar-refractivity contribution in [1.82, 2.24) is 0 Å². The smallest absolute Gasteiger partial charge is 0.235 e. The van der Waals surface area contributed by atoms with Crippen LogP contribution in [-0.2, 0) is 4.79 Å². The summed E-state index contributed by atoms with van der Waals surface area (Å²) >= 11 is 0. The van der Waals surface area contributed by atoms with Gasteiger partial charge in [0.1, 0.15) is 12.0 Å². The van der Waals surface area contributed by atoms with E-state index in [0.717, 1.165) is 19.1 Å². The number of methoxy groups -OCH3 is 1. The Hall–Kier alpha value is -2.08. The summed E-state index contributed by atoms with van der Waals surface area (Å²) in [5.74, 6) is 5.95. The van der Waals surface area contributed by atoms with Gasteiger partial charge < -0.3 is 9.53 Å². The van der Waals surface area contributed by atoms with Gasteiger partial charge in [0.25, 0.3) is 0 Å². The topological polar surface area (TPSA) is 43.4 Å². The average molecular weight is 244 g/mol. The van der Waals surface area contributed by atoms with Gasteiger partial charge >= 0.3 is 0 Å². The van der Waals surface area contributed by atoms with Crippen molar-refractivity contribution >= 4 is 12.1 Å². The van der Waals surface area contributed by atoms with Crippen LogP contribution < -0.4 is 4.74 Å². The highest BCUT2D eigenvalue weighted by atomic mass is 16.5. The molecule has 0 amide bonds. The van der Waals surface area contributed by atoms with Crippen molar-refractivity contribution in [2.24, 2.45) is 0 Å². The first-order valence-corrected chi connectivity index (χ1v) is 5.89. The van der Waals surface area contributed by atoms with Crippen LogP contribution in [0.2, 0.25) is 0 Å². The molecular formula is C15H16O3. The third-order valence-electron chi connectivity index (χ3n) is 2.43. The first-order valence-electron chi connectivity index (χ1n) is 5.89. The molecule has 3 heteroatoms. The van der Waals surface area contributed by atoms with Gasteiger partial charge in [-0.25, -0.2) is 0 Å². The van der Waals surface area contributed by atoms with E-state index in [1.807, 2.05) is 0 Å². The quantitative estimate of drug-likeness (QED) is 0.254. The number of hydrogen-bond donors (Lipinski definition) is 0. The molecule has 0 spiro atoms. The number of aldehydes is 1. The van der Waals surface area contributed by atoms with E-state index in [0.29, 0.717) is 24.2 Å². The van der Waals surface area contributed by atoms with Gasteiger partial charge in [0.2, 0.25) is 5.78 Å². The molecule has 0 aliphatic carbocycles. The monoisotopic (exact) mass is 244 g/mol. The van der Waals surface area contributed by atoms with Crippen LogP contribution in [0.3, 0.4) is 0 Å². The zero-order valence-electron chi connectivity index (χ0n) is 10.4. The molecule has 3 nitrogen and oxygen atoms in total. The van der Waals surface area contributed by atoms with Crippen molar-refractivity contribution in [3.05, 3.63) is 29.8 Å². The minimum atomic E-state index is -0.187. The van der Waals surface area contributed by atoms with Gasteiger partial charge in [-0.05, 0) is 43.0 Å². The van der Waals surface area contributed by atoms with Gasteiger partial charge in [-0.2, -0.15) is 0 Å². The summed E-state index contributed by atoms with van der Waals surface area (Å²) in [6, 6.07) is 6.86. The van der Waals surface area contributed by atoms with Crippen LogP contribution in [0.1, 0.15) is 36.0 Å². The zero-order valence-corrected chi connectivity index (χ0v) is 10.4. The van der Waals surface area contributed by atoms with E-state index in [9.17, 15) is 9.59 Å². The van der Waals surface area contributed by atoms with Crippen molar-refractivity contribution < 1.29 is 14.3 Å². The Morgan fingerprint density at radius 2 is 2.00 bits per heavy atom. The number of benzene rings is 1. The Morgan fingerprint density at radius 3 is 2.61 bits per heavy atom. The van der Waals surface area contributed by atoms with Crippen LogP contribution in [0.25, 0.3) is 0 Å². The second-order valence-corrected chi connectivity index (χ2v) is 3.77. The molecule has 0 aliphatic heterocycles. The first-order chi connectivity index (χ1) is 8.77. The Morgan fingerprint density at radius 1 is 1.28 bits per heavy atom. The summed E-state index contributed by atoms with van der Waals surface area (Å²) in [4.78, 5) is 21.7. The molecule has 0 saturated heterocycles. The highest BCUT2D eigenvalue weighted by Crippen LogP contribution is 2.11. The van der Waals surface area contributed by atoms with E-state index in [1.54, 1.807) is 31.4 Å². The molecule has 0 heterocycles. The molecule has 0 atom stereocenters. The van der Waals surface area contributed by atoms with Crippen LogP contribution >= 0.6 is 0 Å². The summed E-state index contributed by atoms with van der Waals surface area (Å²) < 4.78 is 5.01. The Labute approximate surface area is 107 Å². The molecule has 1 aromatic carbocycles. The largest absolute Gasteiger partial charge is 0.497 e. The average Bonchev–Trinajstić information content (AvgIpc) is 2.42. The molecule has 0 aromatic heterocycles. The molecule has 1 rings (SSSR count). The number of hydrogen-bond acceptors (Lipinski definition) is 3. The summed E-state index contributed by atoms with van der Waals surface area (Å²) in [6.07, 6.45) is 3.79. The molecule has 0 bridgehead atoms. The number of Topliss-reactive ketones (excluding diaryl/α,β-unsaturated/α-hetero) is 1. The maximum Gasteiger partial charge on any atom is 0.235 e. The van der Waals surface area contributed by atoms with Gasteiger partial charge in [0.05, 0.1) is 7.11 Å². The Kier molecular flexibility index (Phi) is 6.27. The number of ketones is 1. The van der Waals surface area contributed by atoms with Gasteiger partial charge in [-0.15, -0.1) is 0 Å². The summed E-state index contributed by atoms with van der Waals surface area (Å²) in [5.41, 5.74) is 0.566. The summed E-state index contributed by atoms with van der Waals surface area (Å²) in [6.45, 7) is 0. The second kappa shape index (κ2) is 8.08. The normalized spacial score (nSPS) is 9.17. The Bertz CT molecular complexity index is 449. The minimum Gasteiger partial charge on any atom is -0.497 e. The van der Waals surface area contributed by atoms with Gasteiger partial charge in [0.15, 0.2) is 0 Å². The predicted molar refractivity (Wildman–Crippen MR) is 69.6 cm³/mol. The number of rotatable bonds is 6. The highest BCUT2D eigenvalue weighted by Gasteiger charge is 2.01. The Balaban J connectivity index is 2.44. The van der Waals surface area contributed by atoms with Crippen molar-refractivity contribution in [3.63, 3.8) is 0 Å². The van der Waals surface area contributed by atoms with Crippen LogP contribution in [0, 0.1) is 11.8 Å². The maximum atomic E-state index is 11.7. The molecular weight excluding hydrogens is 228 g/mol. The van der Waals surface area contributed by atoms with Crippen LogP contribution in [0.4, 0.5) is 0 Å². The third kappa shape index (κ3) is 4.84. The number of ether oxygens (including phenoxy) is 1. The molecule has 1 aromatic rings. The van der Waals surface area contributed by atoms with Gasteiger partial charge in [-0.3, -0.25) is 4.79 Å². The molecule has 0 radical (unpaired) electrons. The van der Waals surface area contributed by atoms with Crippen LogP contribution in [0.5, 0.6) is 5.75 Å². The molecule has 0 unspecified atom stereocenters. The standard InChI is InChI=1S/C15H16O3/c1-18-14-10-8-13(9-11-14)15(17)7-5-3-2-4-6-12-16/h8-12H,2-4,6H2,1H3. The van der Waals surface area contributed by atoms with Crippen LogP contribution in [-0.4, -0.2) is 19.2 Å². The summed E-state index contributed by atoms with van der Waals surface area (Å²) in [7, 11) is 1.58. The molecule has 0 fully saturated rings. The second-order valence-electron chi connectivity index (χ2n) is 3.77. The lowest BCUT2D eigenvalue weighted by Gasteiger charge is -1.98. The molecule has 18 heavy (non-hydrogen) atoms. The predicted octanol–water partition coefficient (Wildman–Crippen LogP) is 2.64. The fourth-order valence-corrected chi connectivity index (χ4v) is 1.40. The number of carbonyl (C=O) groups excluding carboxylic acids is 2. The molecule has 0 N–H and O–H groups in total. The van der Waals surface area contributed by atoms with E-state index in [2.05, 4.69) is 11.8 Å². The van der Waals surface area contributed by atoms with E-state index in [-0.39, 0.29) is 5.78 Å². The SMILES string of the molecule is COc1ccc(C(=O)C#CCCCCC=O)cc1. The van der Waals surface area contributed by atoms with E-state index < -0.39 is 0 Å². The minimum absolute atomic E-state index is 0.187. The summed E-state index contributed by atoms with van der Waals surface area (Å²) in [5, 5.41) is 0. The van der Waals surface area contributed by atoms with E-state index in [4.69, 9.17) is 4.74 Å². The van der Waals surface area contributed by atoms with E-state index >= 15 is 0 Å². The highest BCUT2D eigenvalue weighted by molar-refractivity contribution is 6.09. The van der Waals surface area contributed by atoms with Crippen molar-refractivity contribution in [1.29, 1.82) is 0 Å². The van der Waals surface area contributed by atoms with E-state index in [1.165, 1.54) is 0 Å². The first kappa shape index (κ1) is 14.0. The molecule has 0 saturated carbocycles. The lowest BCUT2D eigenvalue weighted by atomic mass is 10.1. The zero-order chi connectivity index (χ0) is 13.2. The fourth-order valence-electron chi connectivity index (χ4n) is 1.40. The number of unbranched alkanes of at least 4 members (excludes halogenated alkanes) is 3.